The first kappa shape index (κ1) is 19.8. The van der Waals surface area contributed by atoms with Crippen molar-refractivity contribution in [2.75, 3.05) is 32.1 Å². The van der Waals surface area contributed by atoms with Crippen LogP contribution in [0.5, 0.6) is 0 Å². The highest BCUT2D eigenvalue weighted by Crippen LogP contribution is 2.44. The molecule has 1 amide bonds. The lowest BCUT2D eigenvalue weighted by atomic mass is 9.98. The number of fused-ring (bicyclic) bond motifs is 3. The average Bonchev–Trinajstić information content (AvgIpc) is 3.09. The van der Waals surface area contributed by atoms with Gasteiger partial charge in [0.05, 0.1) is 0 Å². The van der Waals surface area contributed by atoms with E-state index in [2.05, 4.69) is 58.7 Å². The van der Waals surface area contributed by atoms with Crippen molar-refractivity contribution >= 4 is 17.9 Å². The molecule has 1 aliphatic rings. The van der Waals surface area contributed by atoms with Crippen molar-refractivity contribution < 1.29 is 9.53 Å². The molecule has 30 heavy (non-hydrogen) atoms. The molecule has 0 aliphatic heterocycles. The van der Waals surface area contributed by atoms with Crippen LogP contribution in [0, 0.1) is 0 Å². The zero-order chi connectivity index (χ0) is 20.9. The number of hydrogen-bond acceptors (Lipinski definition) is 3. The molecule has 0 unspecified atom stereocenters. The summed E-state index contributed by atoms with van der Waals surface area (Å²) in [7, 11) is 4.03. The van der Waals surface area contributed by atoms with Crippen LogP contribution in [0.3, 0.4) is 0 Å². The summed E-state index contributed by atoms with van der Waals surface area (Å²) in [6, 6.07) is 24.9. The van der Waals surface area contributed by atoms with Gasteiger partial charge in [-0.05, 0) is 39.9 Å². The van der Waals surface area contributed by atoms with Crippen LogP contribution in [-0.4, -0.2) is 33.3 Å². The third-order valence-corrected chi connectivity index (χ3v) is 5.43. The van der Waals surface area contributed by atoms with Crippen LogP contribution < -0.4 is 10.2 Å². The monoisotopic (exact) mass is 398 g/mol. The first-order valence-corrected chi connectivity index (χ1v) is 10.2. The van der Waals surface area contributed by atoms with E-state index in [1.165, 1.54) is 22.3 Å². The highest BCUT2D eigenvalue weighted by atomic mass is 16.5. The van der Waals surface area contributed by atoms with E-state index in [1.807, 2.05) is 50.5 Å². The molecule has 0 bridgehead atoms. The van der Waals surface area contributed by atoms with Gasteiger partial charge < -0.3 is 15.0 Å². The predicted molar refractivity (Wildman–Crippen MR) is 123 cm³/mol. The maximum absolute atomic E-state index is 12.2. The number of nitrogens with one attached hydrogen (secondary N) is 1. The fraction of sp³-hybridized carbons (Fsp3) is 0.192. The van der Waals surface area contributed by atoms with Gasteiger partial charge in [0.1, 0.15) is 6.61 Å². The molecule has 4 heteroatoms. The van der Waals surface area contributed by atoms with Crippen molar-refractivity contribution in [3.05, 3.63) is 95.6 Å². The van der Waals surface area contributed by atoms with Crippen molar-refractivity contribution in [3.8, 4) is 11.1 Å². The average molecular weight is 399 g/mol. The summed E-state index contributed by atoms with van der Waals surface area (Å²) in [5.74, 6) is 0.0777. The quantitative estimate of drug-likeness (QED) is 0.612. The number of alkyl carbamates (subject to hydrolysis) is 1. The van der Waals surface area contributed by atoms with Gasteiger partial charge in [-0.2, -0.15) is 0 Å². The molecular weight excluding hydrogens is 372 g/mol. The van der Waals surface area contributed by atoms with Crippen LogP contribution in [0.25, 0.3) is 17.2 Å². The minimum absolute atomic E-state index is 0.0777. The van der Waals surface area contributed by atoms with Crippen molar-refractivity contribution in [2.24, 2.45) is 0 Å². The van der Waals surface area contributed by atoms with Gasteiger partial charge >= 0.3 is 6.09 Å². The highest BCUT2D eigenvalue weighted by Gasteiger charge is 2.28. The number of hydrogen-bond donors (Lipinski definition) is 1. The van der Waals surface area contributed by atoms with Crippen LogP contribution in [0.1, 0.15) is 22.6 Å². The van der Waals surface area contributed by atoms with Crippen molar-refractivity contribution in [2.45, 2.75) is 5.92 Å². The fourth-order valence-corrected chi connectivity index (χ4v) is 3.87. The van der Waals surface area contributed by atoms with E-state index in [1.54, 1.807) is 0 Å². The Morgan fingerprint density at radius 1 is 0.933 bits per heavy atom. The third-order valence-electron chi connectivity index (χ3n) is 5.43. The third kappa shape index (κ3) is 4.23. The topological polar surface area (TPSA) is 41.6 Å². The Morgan fingerprint density at radius 2 is 1.53 bits per heavy atom. The number of carbonyl (C=O) groups is 1. The molecule has 4 rings (SSSR count). The van der Waals surface area contributed by atoms with Gasteiger partial charge in [0.2, 0.25) is 0 Å². The first-order valence-electron chi connectivity index (χ1n) is 10.2. The summed E-state index contributed by atoms with van der Waals surface area (Å²) in [6.07, 6.45) is 3.51. The number of amides is 1. The minimum atomic E-state index is -0.399. The predicted octanol–water partition coefficient (Wildman–Crippen LogP) is 5.30. The Hall–Kier alpha value is -3.53. The summed E-state index contributed by atoms with van der Waals surface area (Å²) in [5, 5.41) is 2.80. The molecule has 3 aromatic rings. The van der Waals surface area contributed by atoms with E-state index in [-0.39, 0.29) is 5.92 Å². The van der Waals surface area contributed by atoms with Crippen LogP contribution in [0.4, 0.5) is 10.5 Å². The molecule has 152 valence electrons. The summed E-state index contributed by atoms with van der Waals surface area (Å²) < 4.78 is 5.54. The number of benzene rings is 3. The molecule has 0 atom stereocenters. The van der Waals surface area contributed by atoms with E-state index in [9.17, 15) is 4.79 Å². The Balaban J connectivity index is 1.30. The Kier molecular flexibility index (Phi) is 5.84. The SMILES string of the molecule is CN(C)c1ccc(C=CCNC(=O)OCC2c3ccccc3-c3ccccc32)cc1. The maximum Gasteiger partial charge on any atom is 0.407 e. The molecule has 1 aliphatic carbocycles. The second-order valence-corrected chi connectivity index (χ2v) is 7.59. The molecule has 0 radical (unpaired) electrons. The summed E-state index contributed by atoms with van der Waals surface area (Å²) in [6.45, 7) is 0.752. The van der Waals surface area contributed by atoms with Crippen molar-refractivity contribution in [1.82, 2.24) is 5.32 Å². The smallest absolute Gasteiger partial charge is 0.407 e. The molecule has 3 aromatic carbocycles. The number of nitrogens with zero attached hydrogens (tertiary/aromatic N) is 1. The number of rotatable bonds is 6. The highest BCUT2D eigenvalue weighted by molar-refractivity contribution is 5.79. The zero-order valence-corrected chi connectivity index (χ0v) is 17.3. The van der Waals surface area contributed by atoms with Gasteiger partial charge in [-0.15, -0.1) is 0 Å². The second kappa shape index (κ2) is 8.87. The lowest BCUT2D eigenvalue weighted by molar-refractivity contribution is 0.144. The lowest BCUT2D eigenvalue weighted by Gasteiger charge is -2.14. The molecule has 1 N–H and O–H groups in total. The summed E-state index contributed by atoms with van der Waals surface area (Å²) >= 11 is 0. The van der Waals surface area contributed by atoms with E-state index < -0.39 is 6.09 Å². The van der Waals surface area contributed by atoms with Crippen LogP contribution in [0.2, 0.25) is 0 Å². The molecular formula is C26H26N2O2. The Labute approximate surface area is 177 Å². The van der Waals surface area contributed by atoms with E-state index in [0.29, 0.717) is 13.2 Å². The van der Waals surface area contributed by atoms with E-state index in [0.717, 1.165) is 11.3 Å². The van der Waals surface area contributed by atoms with Gasteiger partial charge in [0.15, 0.2) is 0 Å². The molecule has 0 heterocycles. The van der Waals surface area contributed by atoms with Gasteiger partial charge in [0, 0.05) is 32.2 Å². The van der Waals surface area contributed by atoms with Gasteiger partial charge in [0.25, 0.3) is 0 Å². The van der Waals surface area contributed by atoms with Gasteiger partial charge in [-0.1, -0.05) is 72.8 Å². The number of carbonyl (C=O) groups excluding carboxylic acids is 1. The standard InChI is InChI=1S/C26H26N2O2/c1-28(2)20-15-13-19(14-16-20)8-7-17-27-26(29)30-18-25-23-11-5-3-9-21(23)22-10-4-6-12-24(22)25/h3-16,25H,17-18H2,1-2H3,(H,27,29). The van der Waals surface area contributed by atoms with Crippen molar-refractivity contribution in [3.63, 3.8) is 0 Å². The lowest BCUT2D eigenvalue weighted by Crippen LogP contribution is -2.26. The molecule has 0 saturated carbocycles. The Morgan fingerprint density at radius 3 is 2.13 bits per heavy atom. The summed E-state index contributed by atoms with van der Waals surface area (Å²) in [4.78, 5) is 14.2. The van der Waals surface area contributed by atoms with Gasteiger partial charge in [-0.25, -0.2) is 4.79 Å². The van der Waals surface area contributed by atoms with Crippen LogP contribution >= 0.6 is 0 Å². The number of ether oxygens (including phenoxy) is 1. The van der Waals surface area contributed by atoms with Gasteiger partial charge in [-0.3, -0.25) is 0 Å². The molecule has 0 spiro atoms. The second-order valence-electron chi connectivity index (χ2n) is 7.59. The van der Waals surface area contributed by atoms with Crippen LogP contribution in [0.15, 0.2) is 78.9 Å². The normalized spacial score (nSPS) is 12.5. The minimum Gasteiger partial charge on any atom is -0.449 e. The largest absolute Gasteiger partial charge is 0.449 e. The molecule has 0 aromatic heterocycles. The summed E-state index contributed by atoms with van der Waals surface area (Å²) in [5.41, 5.74) is 7.13. The first-order chi connectivity index (χ1) is 14.6. The fourth-order valence-electron chi connectivity index (χ4n) is 3.87. The Bertz CT molecular complexity index is 1010. The molecule has 0 saturated heterocycles. The van der Waals surface area contributed by atoms with E-state index >= 15 is 0 Å². The number of anilines is 1. The maximum atomic E-state index is 12.2. The van der Waals surface area contributed by atoms with Crippen LogP contribution in [-0.2, 0) is 4.74 Å². The zero-order valence-electron chi connectivity index (χ0n) is 17.3. The molecule has 0 fully saturated rings. The van der Waals surface area contributed by atoms with E-state index in [4.69, 9.17) is 4.74 Å². The van der Waals surface area contributed by atoms with Crippen molar-refractivity contribution in [1.29, 1.82) is 0 Å². The molecule has 4 nitrogen and oxygen atoms in total.